The second-order valence-electron chi connectivity index (χ2n) is 5.17. The highest BCUT2D eigenvalue weighted by molar-refractivity contribution is 7.88. The highest BCUT2D eigenvalue weighted by Gasteiger charge is 2.27. The van der Waals surface area contributed by atoms with Crippen LogP contribution in [0.25, 0.3) is 0 Å². The lowest BCUT2D eigenvalue weighted by atomic mass is 10.0. The number of sulfonamides is 1. The van der Waals surface area contributed by atoms with Crippen molar-refractivity contribution in [1.29, 1.82) is 0 Å². The van der Waals surface area contributed by atoms with Gasteiger partial charge >= 0.3 is 0 Å². The minimum Gasteiger partial charge on any atom is -0.472 e. The third-order valence-electron chi connectivity index (χ3n) is 3.46. The van der Waals surface area contributed by atoms with Crippen LogP contribution in [-0.2, 0) is 21.2 Å². The first-order chi connectivity index (χ1) is 9.46. The molecule has 0 bridgehead atoms. The Bertz CT molecular complexity index is 539. The van der Waals surface area contributed by atoms with Crippen molar-refractivity contribution in [1.82, 2.24) is 9.62 Å². The zero-order valence-corrected chi connectivity index (χ0v) is 12.4. The van der Waals surface area contributed by atoms with Crippen LogP contribution < -0.4 is 4.72 Å². The summed E-state index contributed by atoms with van der Waals surface area (Å²) in [6, 6.07) is 1.71. The maximum atomic E-state index is 12.3. The van der Waals surface area contributed by atoms with E-state index in [1.807, 2.05) is 0 Å². The standard InChI is InChI=1S/C13H20N2O4S/c1-20(17,18)14-9-12-4-2-3-6-15(12)13(16)8-11-5-7-19-10-11/h5,7,10,12,14H,2-4,6,8-9H2,1H3. The summed E-state index contributed by atoms with van der Waals surface area (Å²) in [6.45, 7) is 0.975. The Balaban J connectivity index is 1.97. The van der Waals surface area contributed by atoms with Gasteiger partial charge in [-0.15, -0.1) is 0 Å². The first-order valence-corrected chi connectivity index (χ1v) is 8.60. The van der Waals surface area contributed by atoms with Crippen LogP contribution in [0.15, 0.2) is 23.0 Å². The zero-order valence-electron chi connectivity index (χ0n) is 11.5. The van der Waals surface area contributed by atoms with Gasteiger partial charge in [-0.05, 0) is 30.9 Å². The van der Waals surface area contributed by atoms with Crippen molar-refractivity contribution in [3.63, 3.8) is 0 Å². The molecule has 1 aliphatic rings. The third-order valence-corrected chi connectivity index (χ3v) is 4.16. The summed E-state index contributed by atoms with van der Waals surface area (Å²) in [5.41, 5.74) is 0.843. The maximum absolute atomic E-state index is 12.3. The molecule has 1 aromatic rings. The second kappa shape index (κ2) is 6.41. The minimum absolute atomic E-state index is 0.0198. The molecular weight excluding hydrogens is 280 g/mol. The molecule has 1 N–H and O–H groups in total. The predicted octanol–water partition coefficient (Wildman–Crippen LogP) is 0.752. The molecule has 20 heavy (non-hydrogen) atoms. The van der Waals surface area contributed by atoms with Gasteiger partial charge in [-0.3, -0.25) is 4.79 Å². The van der Waals surface area contributed by atoms with Crippen LogP contribution in [-0.4, -0.2) is 44.6 Å². The third kappa shape index (κ3) is 4.35. The van der Waals surface area contributed by atoms with Gasteiger partial charge in [-0.25, -0.2) is 13.1 Å². The Kier molecular flexibility index (Phi) is 4.82. The van der Waals surface area contributed by atoms with E-state index < -0.39 is 10.0 Å². The van der Waals surface area contributed by atoms with Gasteiger partial charge in [0.2, 0.25) is 15.9 Å². The molecule has 1 aromatic heterocycles. The number of hydrogen-bond donors (Lipinski definition) is 1. The SMILES string of the molecule is CS(=O)(=O)NCC1CCCCN1C(=O)Cc1ccoc1. The van der Waals surface area contributed by atoms with Crippen molar-refractivity contribution in [2.75, 3.05) is 19.3 Å². The smallest absolute Gasteiger partial charge is 0.227 e. The largest absolute Gasteiger partial charge is 0.472 e. The highest BCUT2D eigenvalue weighted by atomic mass is 32.2. The number of likely N-dealkylation sites (tertiary alicyclic amines) is 1. The van der Waals surface area contributed by atoms with E-state index in [0.717, 1.165) is 31.1 Å². The topological polar surface area (TPSA) is 79.6 Å². The Hall–Kier alpha value is -1.34. The number of amides is 1. The number of furan rings is 1. The van der Waals surface area contributed by atoms with Gasteiger partial charge in [-0.2, -0.15) is 0 Å². The molecule has 0 radical (unpaired) electrons. The van der Waals surface area contributed by atoms with E-state index in [9.17, 15) is 13.2 Å². The van der Waals surface area contributed by atoms with E-state index in [0.29, 0.717) is 13.0 Å². The summed E-state index contributed by atoms with van der Waals surface area (Å²) in [5, 5.41) is 0. The molecule has 0 aromatic carbocycles. The molecule has 6 nitrogen and oxygen atoms in total. The molecule has 1 unspecified atom stereocenters. The van der Waals surface area contributed by atoms with Crippen LogP contribution in [0.3, 0.4) is 0 Å². The van der Waals surface area contributed by atoms with Crippen LogP contribution in [0.2, 0.25) is 0 Å². The van der Waals surface area contributed by atoms with Gasteiger partial charge < -0.3 is 9.32 Å². The number of piperidine rings is 1. The van der Waals surface area contributed by atoms with Gasteiger partial charge in [0.15, 0.2) is 0 Å². The molecule has 0 saturated carbocycles. The van der Waals surface area contributed by atoms with E-state index in [-0.39, 0.29) is 18.5 Å². The van der Waals surface area contributed by atoms with Crippen LogP contribution in [0.1, 0.15) is 24.8 Å². The summed E-state index contributed by atoms with van der Waals surface area (Å²) in [7, 11) is -3.23. The van der Waals surface area contributed by atoms with Crippen molar-refractivity contribution in [3.8, 4) is 0 Å². The monoisotopic (exact) mass is 300 g/mol. The molecule has 7 heteroatoms. The van der Waals surface area contributed by atoms with Crippen molar-refractivity contribution >= 4 is 15.9 Å². The van der Waals surface area contributed by atoms with Gasteiger partial charge in [0.25, 0.3) is 0 Å². The average molecular weight is 300 g/mol. The zero-order chi connectivity index (χ0) is 14.6. The lowest BCUT2D eigenvalue weighted by Gasteiger charge is -2.35. The average Bonchev–Trinajstić information content (AvgIpc) is 2.88. The van der Waals surface area contributed by atoms with Gasteiger partial charge in [-0.1, -0.05) is 0 Å². The molecular formula is C13H20N2O4S. The molecule has 2 heterocycles. The summed E-state index contributed by atoms with van der Waals surface area (Å²) in [4.78, 5) is 14.1. The fourth-order valence-electron chi connectivity index (χ4n) is 2.46. The molecule has 1 amide bonds. The molecule has 1 fully saturated rings. The molecule has 112 valence electrons. The molecule has 2 rings (SSSR count). The molecule has 0 spiro atoms. The summed E-state index contributed by atoms with van der Waals surface area (Å²) in [6.07, 6.45) is 7.35. The van der Waals surface area contributed by atoms with Crippen LogP contribution >= 0.6 is 0 Å². The van der Waals surface area contributed by atoms with E-state index >= 15 is 0 Å². The number of carbonyl (C=O) groups is 1. The van der Waals surface area contributed by atoms with Gasteiger partial charge in [0.05, 0.1) is 25.2 Å². The Labute approximate surface area is 119 Å². The lowest BCUT2D eigenvalue weighted by Crippen LogP contribution is -2.49. The Morgan fingerprint density at radius 2 is 2.30 bits per heavy atom. The number of nitrogens with one attached hydrogen (secondary N) is 1. The molecule has 1 aliphatic heterocycles. The Morgan fingerprint density at radius 3 is 2.95 bits per heavy atom. The van der Waals surface area contributed by atoms with E-state index in [1.165, 1.54) is 0 Å². The highest BCUT2D eigenvalue weighted by Crippen LogP contribution is 2.18. The predicted molar refractivity (Wildman–Crippen MR) is 74.6 cm³/mol. The van der Waals surface area contributed by atoms with Crippen molar-refractivity contribution in [2.45, 2.75) is 31.7 Å². The maximum Gasteiger partial charge on any atom is 0.227 e. The van der Waals surface area contributed by atoms with E-state index in [2.05, 4.69) is 4.72 Å². The first-order valence-electron chi connectivity index (χ1n) is 6.71. The normalized spacial score (nSPS) is 20.1. The van der Waals surface area contributed by atoms with Crippen molar-refractivity contribution in [2.24, 2.45) is 0 Å². The van der Waals surface area contributed by atoms with Gasteiger partial charge in [0, 0.05) is 19.1 Å². The number of carbonyl (C=O) groups excluding carboxylic acids is 1. The summed E-state index contributed by atoms with van der Waals surface area (Å²) >= 11 is 0. The fourth-order valence-corrected chi connectivity index (χ4v) is 2.95. The summed E-state index contributed by atoms with van der Waals surface area (Å²) in [5.74, 6) is 0.0198. The first kappa shape index (κ1) is 15.1. The molecule has 1 atom stereocenters. The fraction of sp³-hybridized carbons (Fsp3) is 0.615. The summed E-state index contributed by atoms with van der Waals surface area (Å²) < 4.78 is 29.8. The Morgan fingerprint density at radius 1 is 1.50 bits per heavy atom. The number of hydrogen-bond acceptors (Lipinski definition) is 4. The van der Waals surface area contributed by atoms with Crippen molar-refractivity contribution in [3.05, 3.63) is 24.2 Å². The van der Waals surface area contributed by atoms with Crippen molar-refractivity contribution < 1.29 is 17.6 Å². The molecule has 0 aliphatic carbocycles. The number of rotatable bonds is 5. The van der Waals surface area contributed by atoms with Gasteiger partial charge in [0.1, 0.15) is 0 Å². The molecule has 1 saturated heterocycles. The van der Waals surface area contributed by atoms with Crippen LogP contribution in [0.4, 0.5) is 0 Å². The minimum atomic E-state index is -3.23. The van der Waals surface area contributed by atoms with Crippen LogP contribution in [0, 0.1) is 0 Å². The van der Waals surface area contributed by atoms with E-state index in [1.54, 1.807) is 23.5 Å². The van der Waals surface area contributed by atoms with Crippen LogP contribution in [0.5, 0.6) is 0 Å². The van der Waals surface area contributed by atoms with E-state index in [4.69, 9.17) is 4.42 Å². The lowest BCUT2D eigenvalue weighted by molar-refractivity contribution is -0.133. The number of nitrogens with zero attached hydrogens (tertiary/aromatic N) is 1. The second-order valence-corrected chi connectivity index (χ2v) is 7.00. The quantitative estimate of drug-likeness (QED) is 0.870.